The van der Waals surface area contributed by atoms with E-state index in [0.717, 1.165) is 63.2 Å². The van der Waals surface area contributed by atoms with Crippen molar-refractivity contribution in [2.24, 2.45) is 16.7 Å². The van der Waals surface area contributed by atoms with Crippen LogP contribution in [0.3, 0.4) is 0 Å². The molecular formula is C48H57ClN10O6. The zero-order chi connectivity index (χ0) is 46.0. The highest BCUT2D eigenvalue weighted by Crippen LogP contribution is 2.55. The van der Waals surface area contributed by atoms with Gasteiger partial charge in [0.25, 0.3) is 17.4 Å². The Kier molecular flexibility index (Phi) is 13.3. The molecular weight excluding hydrogens is 848 g/mol. The first-order valence-corrected chi connectivity index (χ1v) is 22.9. The maximum Gasteiger partial charge on any atom is 0.278 e. The molecule has 342 valence electrons. The van der Waals surface area contributed by atoms with E-state index >= 15 is 0 Å². The second-order valence-corrected chi connectivity index (χ2v) is 19.5. The molecule has 3 saturated heterocycles. The van der Waals surface area contributed by atoms with Gasteiger partial charge in [-0.2, -0.15) is 9.94 Å². The summed E-state index contributed by atoms with van der Waals surface area (Å²) >= 11 is 6.25. The van der Waals surface area contributed by atoms with Crippen molar-refractivity contribution in [1.82, 2.24) is 40.3 Å². The van der Waals surface area contributed by atoms with Gasteiger partial charge in [-0.05, 0) is 79.6 Å². The van der Waals surface area contributed by atoms with E-state index in [2.05, 4.69) is 82.0 Å². The summed E-state index contributed by atoms with van der Waals surface area (Å²) in [7, 11) is 0. The number of nitrogens with one attached hydrogen (secondary N) is 3. The molecule has 0 radical (unpaired) electrons. The highest BCUT2D eigenvalue weighted by atomic mass is 35.5. The predicted molar refractivity (Wildman–Crippen MR) is 245 cm³/mol. The SMILES string of the molecule is CC1(C)C(NC(=O)c2ccc(CCN3CCN(CC4CCN(C(=O)CNc5ccc6nnn(C7CCC(=O)NC7=O)c(=O)c6c5)CC4)CC3)cc2)C(C)(C)C1Oc1ccc(C#N)c(Cl)c1. The van der Waals surface area contributed by atoms with Crippen molar-refractivity contribution >= 4 is 51.8 Å². The molecule has 1 unspecified atom stereocenters. The third-order valence-electron chi connectivity index (χ3n) is 13.9. The summed E-state index contributed by atoms with van der Waals surface area (Å²) in [4.78, 5) is 70.8. The Hall–Kier alpha value is -5.89. The number of anilines is 1. The number of benzene rings is 3. The number of nitriles is 1. The van der Waals surface area contributed by atoms with Crippen LogP contribution in [0.25, 0.3) is 10.9 Å². The van der Waals surface area contributed by atoms with Gasteiger partial charge in [-0.3, -0.25) is 29.3 Å². The number of likely N-dealkylation sites (tertiary alicyclic amines) is 1. The van der Waals surface area contributed by atoms with Crippen LogP contribution >= 0.6 is 11.6 Å². The lowest BCUT2D eigenvalue weighted by Gasteiger charge is -2.63. The number of carbonyl (C=O) groups excluding carboxylic acids is 4. The van der Waals surface area contributed by atoms with Gasteiger partial charge in [0.05, 0.1) is 22.5 Å². The molecule has 3 aromatic carbocycles. The Morgan fingerprint density at radius 2 is 1.62 bits per heavy atom. The Morgan fingerprint density at radius 3 is 2.29 bits per heavy atom. The molecule has 0 spiro atoms. The molecule has 4 aromatic rings. The number of carbonyl (C=O) groups is 4. The van der Waals surface area contributed by atoms with E-state index in [0.29, 0.717) is 52.1 Å². The molecule has 4 amide bonds. The fourth-order valence-corrected chi connectivity index (χ4v) is 10.6. The number of piperazine rings is 1. The van der Waals surface area contributed by atoms with Gasteiger partial charge in [-0.1, -0.05) is 56.6 Å². The number of fused-ring (bicyclic) bond motifs is 1. The lowest BCUT2D eigenvalue weighted by molar-refractivity contribution is -0.164. The molecule has 0 bridgehead atoms. The zero-order valence-corrected chi connectivity index (χ0v) is 38.2. The molecule has 3 aliphatic heterocycles. The molecule has 4 fully saturated rings. The van der Waals surface area contributed by atoms with Gasteiger partial charge in [0, 0.05) is 93.0 Å². The monoisotopic (exact) mass is 904 g/mol. The van der Waals surface area contributed by atoms with Crippen molar-refractivity contribution in [3.8, 4) is 11.8 Å². The number of halogens is 1. The molecule has 1 atom stereocenters. The van der Waals surface area contributed by atoms with E-state index in [4.69, 9.17) is 16.3 Å². The Balaban J connectivity index is 0.728. The van der Waals surface area contributed by atoms with E-state index in [1.165, 1.54) is 5.56 Å². The van der Waals surface area contributed by atoms with Crippen molar-refractivity contribution in [2.75, 3.05) is 64.2 Å². The fourth-order valence-electron chi connectivity index (χ4n) is 10.4. The quantitative estimate of drug-likeness (QED) is 0.160. The Labute approximate surface area is 383 Å². The molecule has 4 heterocycles. The van der Waals surface area contributed by atoms with Crippen molar-refractivity contribution in [1.29, 1.82) is 5.26 Å². The van der Waals surface area contributed by atoms with Crippen molar-refractivity contribution in [3.05, 3.63) is 92.7 Å². The predicted octanol–water partition coefficient (Wildman–Crippen LogP) is 4.42. The number of ether oxygens (including phenoxy) is 1. The molecule has 4 aliphatic rings. The molecule has 1 saturated carbocycles. The number of aromatic nitrogens is 3. The van der Waals surface area contributed by atoms with Crippen molar-refractivity contribution < 1.29 is 23.9 Å². The number of rotatable bonds is 13. The van der Waals surface area contributed by atoms with Crippen LogP contribution in [0.1, 0.15) is 80.9 Å². The lowest BCUT2D eigenvalue weighted by atomic mass is 9.49. The second kappa shape index (κ2) is 18.9. The van der Waals surface area contributed by atoms with Crippen LogP contribution < -0.4 is 26.2 Å². The largest absolute Gasteiger partial charge is 0.489 e. The molecule has 65 heavy (non-hydrogen) atoms. The van der Waals surface area contributed by atoms with Gasteiger partial charge >= 0.3 is 0 Å². The summed E-state index contributed by atoms with van der Waals surface area (Å²) in [6.45, 7) is 15.9. The molecule has 8 rings (SSSR count). The van der Waals surface area contributed by atoms with E-state index in [1.807, 2.05) is 17.0 Å². The van der Waals surface area contributed by atoms with Crippen LogP contribution in [0.2, 0.25) is 5.02 Å². The number of imide groups is 1. The maximum atomic E-state index is 13.5. The molecule has 16 nitrogen and oxygen atoms in total. The number of piperidine rings is 2. The van der Waals surface area contributed by atoms with Crippen molar-refractivity contribution in [3.63, 3.8) is 0 Å². The number of hydrogen-bond donors (Lipinski definition) is 3. The summed E-state index contributed by atoms with van der Waals surface area (Å²) in [5.74, 6) is 0.0772. The van der Waals surface area contributed by atoms with Crippen LogP contribution in [0.5, 0.6) is 5.75 Å². The zero-order valence-electron chi connectivity index (χ0n) is 37.4. The minimum atomic E-state index is -0.907. The third-order valence-corrected chi connectivity index (χ3v) is 14.3. The van der Waals surface area contributed by atoms with E-state index in [-0.39, 0.29) is 65.5 Å². The Morgan fingerprint density at radius 1 is 0.908 bits per heavy atom. The number of nitrogens with zero attached hydrogens (tertiary/aromatic N) is 7. The fraction of sp³-hybridized carbons (Fsp3) is 0.500. The summed E-state index contributed by atoms with van der Waals surface area (Å²) in [5, 5.41) is 26.6. The summed E-state index contributed by atoms with van der Waals surface area (Å²) < 4.78 is 7.41. The standard InChI is InChI=1S/C48H57ClN10O6/c1-47(2)45(48(3,4)46(47)65-35-11-9-33(27-50)37(49)26-35)53-42(62)32-7-5-30(6-8-32)15-18-56-21-23-57(24-22-56)29-31-16-19-58(20-17-31)41(61)28-51-34-10-12-38-36(25-34)44(64)59(55-54-38)39-13-14-40(60)52-43(39)63/h5-12,25-26,31,39,45-46,51H,13-24,28-29H2,1-4H3,(H,53,62)(H,52,60,63). The first-order chi connectivity index (χ1) is 31.1. The summed E-state index contributed by atoms with van der Waals surface area (Å²) in [6, 6.07) is 19.1. The second-order valence-electron chi connectivity index (χ2n) is 19.1. The molecule has 1 aromatic heterocycles. The summed E-state index contributed by atoms with van der Waals surface area (Å²) in [5.41, 5.74) is 2.02. The summed E-state index contributed by atoms with van der Waals surface area (Å²) in [6.07, 6.45) is 2.93. The first-order valence-electron chi connectivity index (χ1n) is 22.6. The minimum absolute atomic E-state index is 0.000918. The highest BCUT2D eigenvalue weighted by molar-refractivity contribution is 6.31. The molecule has 3 N–H and O–H groups in total. The van der Waals surface area contributed by atoms with Crippen LogP contribution in [0.15, 0.2) is 65.5 Å². The van der Waals surface area contributed by atoms with Crippen LogP contribution in [0.4, 0.5) is 5.69 Å². The maximum absolute atomic E-state index is 13.5. The van der Waals surface area contributed by atoms with Gasteiger partial charge in [-0.25, -0.2) is 0 Å². The average molecular weight is 906 g/mol. The lowest BCUT2D eigenvalue weighted by Crippen LogP contribution is -2.74. The van der Waals surface area contributed by atoms with E-state index in [1.54, 1.807) is 36.4 Å². The Bertz CT molecular complexity index is 2540. The van der Waals surface area contributed by atoms with Gasteiger partial charge in [0.1, 0.15) is 29.5 Å². The minimum Gasteiger partial charge on any atom is -0.489 e. The van der Waals surface area contributed by atoms with E-state index < -0.39 is 17.5 Å². The van der Waals surface area contributed by atoms with Gasteiger partial charge in [0.15, 0.2) is 0 Å². The van der Waals surface area contributed by atoms with Crippen LogP contribution in [-0.4, -0.2) is 124 Å². The van der Waals surface area contributed by atoms with Crippen molar-refractivity contribution in [2.45, 2.75) is 78.0 Å². The topological polar surface area (TPSA) is 195 Å². The number of hydrogen-bond acceptors (Lipinski definition) is 12. The van der Waals surface area contributed by atoms with Gasteiger partial charge in [-0.15, -0.1) is 5.10 Å². The average Bonchev–Trinajstić information content (AvgIpc) is 3.29. The normalized spacial score (nSPS) is 22.4. The third kappa shape index (κ3) is 9.88. The molecule has 1 aliphatic carbocycles. The van der Waals surface area contributed by atoms with Crippen LogP contribution in [0, 0.1) is 28.1 Å². The highest BCUT2D eigenvalue weighted by Gasteiger charge is 2.64. The molecule has 17 heteroatoms. The first kappa shape index (κ1) is 45.7. The van der Waals surface area contributed by atoms with E-state index in [9.17, 15) is 29.2 Å². The van der Waals surface area contributed by atoms with Gasteiger partial charge in [0.2, 0.25) is 11.8 Å². The van der Waals surface area contributed by atoms with Gasteiger partial charge < -0.3 is 30.1 Å². The smallest absolute Gasteiger partial charge is 0.278 e. The number of amides is 4. The van der Waals surface area contributed by atoms with Crippen LogP contribution in [-0.2, 0) is 20.8 Å².